The molecule has 0 spiro atoms. The van der Waals surface area contributed by atoms with E-state index < -0.39 is 0 Å². The Labute approximate surface area is 91.4 Å². The lowest BCUT2D eigenvalue weighted by Gasteiger charge is -2.07. The standard InChI is InChI=1S/C10H12BrNO2/c1-3-14-10(13)7-4-6(2)5-8(12)9(7)11/h4-5H,3,12H2,1-2H3. The van der Waals surface area contributed by atoms with Crippen molar-refractivity contribution >= 4 is 27.6 Å². The summed E-state index contributed by atoms with van der Waals surface area (Å²) in [6.07, 6.45) is 0. The van der Waals surface area contributed by atoms with Crippen molar-refractivity contribution in [1.29, 1.82) is 0 Å². The van der Waals surface area contributed by atoms with E-state index in [1.54, 1.807) is 19.1 Å². The van der Waals surface area contributed by atoms with E-state index in [1.165, 1.54) is 0 Å². The van der Waals surface area contributed by atoms with E-state index in [-0.39, 0.29) is 5.97 Å². The monoisotopic (exact) mass is 257 g/mol. The number of carbonyl (C=O) groups is 1. The molecule has 0 aliphatic rings. The van der Waals surface area contributed by atoms with Gasteiger partial charge in [-0.25, -0.2) is 4.79 Å². The maximum absolute atomic E-state index is 11.5. The van der Waals surface area contributed by atoms with Gasteiger partial charge in [-0.3, -0.25) is 0 Å². The summed E-state index contributed by atoms with van der Waals surface area (Å²) in [6, 6.07) is 3.55. The minimum atomic E-state index is -0.352. The van der Waals surface area contributed by atoms with Crippen LogP contribution in [-0.4, -0.2) is 12.6 Å². The van der Waals surface area contributed by atoms with Gasteiger partial charge in [0.05, 0.1) is 16.6 Å². The quantitative estimate of drug-likeness (QED) is 0.655. The van der Waals surface area contributed by atoms with Crippen LogP contribution in [0.2, 0.25) is 0 Å². The zero-order chi connectivity index (χ0) is 10.7. The van der Waals surface area contributed by atoms with Gasteiger partial charge in [-0.1, -0.05) is 0 Å². The highest BCUT2D eigenvalue weighted by Crippen LogP contribution is 2.26. The van der Waals surface area contributed by atoms with Crippen molar-refractivity contribution in [3.05, 3.63) is 27.7 Å². The minimum Gasteiger partial charge on any atom is -0.462 e. The van der Waals surface area contributed by atoms with Crippen molar-refractivity contribution in [1.82, 2.24) is 0 Å². The molecule has 0 unspecified atom stereocenters. The molecule has 1 aromatic carbocycles. The first kappa shape index (κ1) is 11.0. The highest BCUT2D eigenvalue weighted by Gasteiger charge is 2.13. The topological polar surface area (TPSA) is 52.3 Å². The fourth-order valence-corrected chi connectivity index (χ4v) is 1.55. The van der Waals surface area contributed by atoms with E-state index in [0.29, 0.717) is 22.3 Å². The predicted octanol–water partition coefficient (Wildman–Crippen LogP) is 2.52. The van der Waals surface area contributed by atoms with Crippen LogP contribution in [0.3, 0.4) is 0 Å². The number of hydrogen-bond acceptors (Lipinski definition) is 3. The van der Waals surface area contributed by atoms with Gasteiger partial charge < -0.3 is 10.5 Å². The molecule has 0 amide bonds. The fraction of sp³-hybridized carbons (Fsp3) is 0.300. The summed E-state index contributed by atoms with van der Waals surface area (Å²) in [4.78, 5) is 11.5. The van der Waals surface area contributed by atoms with Crippen molar-refractivity contribution in [2.75, 3.05) is 12.3 Å². The summed E-state index contributed by atoms with van der Waals surface area (Å²) >= 11 is 3.26. The Bertz CT molecular complexity index is 363. The molecule has 0 fully saturated rings. The molecule has 14 heavy (non-hydrogen) atoms. The third-order valence-electron chi connectivity index (χ3n) is 1.74. The first-order valence-corrected chi connectivity index (χ1v) is 5.08. The molecule has 0 heterocycles. The molecule has 76 valence electrons. The van der Waals surface area contributed by atoms with Crippen molar-refractivity contribution in [3.8, 4) is 0 Å². The molecule has 1 rings (SSSR count). The maximum Gasteiger partial charge on any atom is 0.339 e. The van der Waals surface area contributed by atoms with Gasteiger partial charge in [-0.2, -0.15) is 0 Å². The van der Waals surface area contributed by atoms with Crippen molar-refractivity contribution in [2.45, 2.75) is 13.8 Å². The molecule has 0 aliphatic heterocycles. The van der Waals surface area contributed by atoms with Crippen LogP contribution in [0, 0.1) is 6.92 Å². The summed E-state index contributed by atoms with van der Waals surface area (Å²) in [5.41, 5.74) is 7.66. The number of aryl methyl sites for hydroxylation is 1. The number of carbonyl (C=O) groups excluding carboxylic acids is 1. The molecule has 0 atom stereocenters. The van der Waals surface area contributed by atoms with Crippen LogP contribution in [0.1, 0.15) is 22.8 Å². The van der Waals surface area contributed by atoms with E-state index in [9.17, 15) is 4.79 Å². The SMILES string of the molecule is CCOC(=O)c1cc(C)cc(N)c1Br. The third kappa shape index (κ3) is 2.26. The molecule has 2 N–H and O–H groups in total. The molecule has 3 nitrogen and oxygen atoms in total. The van der Waals surface area contributed by atoms with Crippen LogP contribution in [0.25, 0.3) is 0 Å². The Morgan fingerprint density at radius 2 is 2.21 bits per heavy atom. The molecule has 0 aliphatic carbocycles. The molecular weight excluding hydrogens is 246 g/mol. The lowest BCUT2D eigenvalue weighted by molar-refractivity contribution is 0.0525. The number of benzene rings is 1. The Hall–Kier alpha value is -1.03. The van der Waals surface area contributed by atoms with E-state index >= 15 is 0 Å². The summed E-state index contributed by atoms with van der Waals surface area (Å²) in [5, 5.41) is 0. The average molecular weight is 258 g/mol. The highest BCUT2D eigenvalue weighted by molar-refractivity contribution is 9.10. The number of rotatable bonds is 2. The predicted molar refractivity (Wildman–Crippen MR) is 59.2 cm³/mol. The Morgan fingerprint density at radius 3 is 2.79 bits per heavy atom. The second-order valence-corrected chi connectivity index (χ2v) is 3.73. The van der Waals surface area contributed by atoms with Crippen LogP contribution in [0.4, 0.5) is 5.69 Å². The zero-order valence-corrected chi connectivity index (χ0v) is 9.72. The number of esters is 1. The van der Waals surface area contributed by atoms with Crippen LogP contribution < -0.4 is 5.73 Å². The molecular formula is C10H12BrNO2. The fourth-order valence-electron chi connectivity index (χ4n) is 1.15. The van der Waals surface area contributed by atoms with E-state index in [0.717, 1.165) is 5.56 Å². The first-order chi connectivity index (χ1) is 6.56. The van der Waals surface area contributed by atoms with Gasteiger partial charge >= 0.3 is 5.97 Å². The third-order valence-corrected chi connectivity index (χ3v) is 2.63. The molecule has 0 bridgehead atoms. The van der Waals surface area contributed by atoms with Crippen molar-refractivity contribution in [3.63, 3.8) is 0 Å². The van der Waals surface area contributed by atoms with Gasteiger partial charge in [-0.15, -0.1) is 0 Å². The van der Waals surface area contributed by atoms with Gasteiger partial charge in [0.25, 0.3) is 0 Å². The van der Waals surface area contributed by atoms with Crippen molar-refractivity contribution in [2.24, 2.45) is 0 Å². The summed E-state index contributed by atoms with van der Waals surface area (Å²) < 4.78 is 5.49. The second kappa shape index (κ2) is 4.46. The van der Waals surface area contributed by atoms with E-state index in [2.05, 4.69) is 15.9 Å². The maximum atomic E-state index is 11.5. The summed E-state index contributed by atoms with van der Waals surface area (Å²) in [7, 11) is 0. The number of hydrogen-bond donors (Lipinski definition) is 1. The highest BCUT2D eigenvalue weighted by atomic mass is 79.9. The lowest BCUT2D eigenvalue weighted by atomic mass is 10.1. The molecule has 0 saturated heterocycles. The average Bonchev–Trinajstić information content (AvgIpc) is 2.11. The smallest absolute Gasteiger partial charge is 0.339 e. The second-order valence-electron chi connectivity index (χ2n) is 2.94. The lowest BCUT2D eigenvalue weighted by Crippen LogP contribution is -2.07. The number of nitrogen functional groups attached to an aromatic ring is 1. The molecule has 0 radical (unpaired) electrons. The normalized spacial score (nSPS) is 9.93. The Kier molecular flexibility index (Phi) is 3.52. The number of anilines is 1. The summed E-state index contributed by atoms with van der Waals surface area (Å²) in [5.74, 6) is -0.352. The van der Waals surface area contributed by atoms with Gasteiger partial charge in [0.1, 0.15) is 0 Å². The minimum absolute atomic E-state index is 0.352. The molecule has 1 aromatic rings. The molecule has 4 heteroatoms. The van der Waals surface area contributed by atoms with E-state index in [4.69, 9.17) is 10.5 Å². The van der Waals surface area contributed by atoms with Crippen LogP contribution in [0.5, 0.6) is 0 Å². The van der Waals surface area contributed by atoms with Gasteiger partial charge in [0, 0.05) is 5.69 Å². The number of nitrogens with two attached hydrogens (primary N) is 1. The first-order valence-electron chi connectivity index (χ1n) is 4.29. The Balaban J connectivity index is 3.13. The van der Waals surface area contributed by atoms with Crippen molar-refractivity contribution < 1.29 is 9.53 Å². The summed E-state index contributed by atoms with van der Waals surface area (Å²) in [6.45, 7) is 4.01. The zero-order valence-electron chi connectivity index (χ0n) is 8.13. The van der Waals surface area contributed by atoms with Gasteiger partial charge in [0.15, 0.2) is 0 Å². The van der Waals surface area contributed by atoms with E-state index in [1.807, 2.05) is 6.92 Å². The molecule has 0 aromatic heterocycles. The van der Waals surface area contributed by atoms with Gasteiger partial charge in [0.2, 0.25) is 0 Å². The Morgan fingerprint density at radius 1 is 1.57 bits per heavy atom. The number of ether oxygens (including phenoxy) is 1. The molecule has 0 saturated carbocycles. The van der Waals surface area contributed by atoms with Gasteiger partial charge in [-0.05, 0) is 47.5 Å². The van der Waals surface area contributed by atoms with Crippen LogP contribution in [0.15, 0.2) is 16.6 Å². The van der Waals surface area contributed by atoms with Crippen LogP contribution >= 0.6 is 15.9 Å². The number of halogens is 1. The van der Waals surface area contributed by atoms with Crippen LogP contribution in [-0.2, 0) is 4.74 Å². The largest absolute Gasteiger partial charge is 0.462 e.